The molecular weight excluding hydrogens is 508 g/mol. The Kier molecular flexibility index (Phi) is 16.3. The lowest BCUT2D eigenvalue weighted by Crippen LogP contribution is -2.44. The smallest absolute Gasteiger partial charge is 0.312 e. The predicted octanol–water partition coefficient (Wildman–Crippen LogP) is 7.47. The van der Waals surface area contributed by atoms with Crippen molar-refractivity contribution in [2.75, 3.05) is 26.4 Å². The molecular formula is C33H62O7. The molecule has 0 aromatic heterocycles. The first-order valence-electron chi connectivity index (χ1n) is 15.9. The van der Waals surface area contributed by atoms with Gasteiger partial charge in [-0.1, -0.05) is 80.6 Å². The Morgan fingerprint density at radius 3 is 1.93 bits per heavy atom. The van der Waals surface area contributed by atoms with Crippen LogP contribution in [0.1, 0.15) is 133 Å². The third kappa shape index (κ3) is 12.8. The fraction of sp³-hybridized carbons (Fsp3) is 0.939. The van der Waals surface area contributed by atoms with E-state index in [1.54, 1.807) is 6.92 Å². The topological polar surface area (TPSA) is 91.3 Å². The summed E-state index contributed by atoms with van der Waals surface area (Å²) in [5.41, 5.74) is -0.888. The molecule has 0 saturated heterocycles. The molecule has 0 aromatic carbocycles. The van der Waals surface area contributed by atoms with Crippen LogP contribution in [0.2, 0.25) is 0 Å². The van der Waals surface area contributed by atoms with Crippen molar-refractivity contribution in [2.45, 2.75) is 145 Å². The molecule has 0 amide bonds. The van der Waals surface area contributed by atoms with E-state index >= 15 is 0 Å². The lowest BCUT2D eigenvalue weighted by atomic mass is 9.61. The molecule has 7 nitrogen and oxygen atoms in total. The second-order valence-electron chi connectivity index (χ2n) is 14.2. The summed E-state index contributed by atoms with van der Waals surface area (Å²) < 4.78 is 23.7. The first-order chi connectivity index (χ1) is 18.7. The SMILES string of the molecule is CCC(OCC1CCCCC1C(=O)OCCOC(=O)C(C)(CC(C)(C)C)C(C)(C)C)OC1CCCCC1.CCO. The lowest BCUT2D eigenvalue weighted by molar-refractivity contribution is -0.190. The molecule has 0 spiro atoms. The Morgan fingerprint density at radius 2 is 1.38 bits per heavy atom. The summed E-state index contributed by atoms with van der Waals surface area (Å²) in [6.45, 7) is 19.4. The van der Waals surface area contributed by atoms with Crippen molar-refractivity contribution in [3.8, 4) is 0 Å². The van der Waals surface area contributed by atoms with Crippen molar-refractivity contribution in [2.24, 2.45) is 28.1 Å². The first-order valence-corrected chi connectivity index (χ1v) is 15.9. The van der Waals surface area contributed by atoms with Gasteiger partial charge in [-0.3, -0.25) is 9.59 Å². The van der Waals surface area contributed by atoms with Crippen molar-refractivity contribution in [3.05, 3.63) is 0 Å². The van der Waals surface area contributed by atoms with Crippen molar-refractivity contribution >= 4 is 11.9 Å². The van der Waals surface area contributed by atoms with E-state index in [4.69, 9.17) is 24.1 Å². The normalized spacial score (nSPS) is 22.9. The number of carbonyl (C=O) groups excluding carboxylic acids is 2. The highest BCUT2D eigenvalue weighted by atomic mass is 16.7. The third-order valence-electron chi connectivity index (χ3n) is 8.49. The number of ether oxygens (including phenoxy) is 4. The summed E-state index contributed by atoms with van der Waals surface area (Å²) in [4.78, 5) is 26.1. The van der Waals surface area contributed by atoms with E-state index in [9.17, 15) is 9.59 Å². The molecule has 0 aromatic rings. The van der Waals surface area contributed by atoms with Crippen molar-refractivity contribution in [1.29, 1.82) is 0 Å². The van der Waals surface area contributed by atoms with Crippen LogP contribution in [0.4, 0.5) is 0 Å². The Morgan fingerprint density at radius 1 is 0.825 bits per heavy atom. The molecule has 7 heteroatoms. The Balaban J connectivity index is 0.00000254. The highest BCUT2D eigenvalue weighted by Gasteiger charge is 2.47. The summed E-state index contributed by atoms with van der Waals surface area (Å²) >= 11 is 0. The Bertz CT molecular complexity index is 717. The van der Waals surface area contributed by atoms with Crippen LogP contribution >= 0.6 is 0 Å². The fourth-order valence-electron chi connectivity index (χ4n) is 5.86. The van der Waals surface area contributed by atoms with Crippen LogP contribution in [0.5, 0.6) is 0 Å². The number of aliphatic hydroxyl groups excluding tert-OH is 1. The Hall–Kier alpha value is -1.18. The molecule has 2 aliphatic carbocycles. The maximum absolute atomic E-state index is 13.1. The molecule has 2 aliphatic rings. The number of carbonyl (C=O) groups is 2. The predicted molar refractivity (Wildman–Crippen MR) is 160 cm³/mol. The molecule has 2 fully saturated rings. The molecule has 0 bridgehead atoms. The van der Waals surface area contributed by atoms with E-state index in [1.807, 2.05) is 6.92 Å². The maximum Gasteiger partial charge on any atom is 0.312 e. The molecule has 2 saturated carbocycles. The van der Waals surface area contributed by atoms with Crippen LogP contribution in [-0.2, 0) is 28.5 Å². The Labute approximate surface area is 245 Å². The zero-order chi connectivity index (χ0) is 30.4. The number of aliphatic hydroxyl groups is 1. The van der Waals surface area contributed by atoms with Crippen LogP contribution in [0.3, 0.4) is 0 Å². The van der Waals surface area contributed by atoms with Crippen LogP contribution < -0.4 is 0 Å². The van der Waals surface area contributed by atoms with Crippen molar-refractivity contribution in [3.63, 3.8) is 0 Å². The minimum atomic E-state index is -0.628. The molecule has 236 valence electrons. The quantitative estimate of drug-likeness (QED) is 0.148. The highest BCUT2D eigenvalue weighted by molar-refractivity contribution is 5.77. The standard InChI is InChI=1S/C31H56O6.C2H6O/c1-9-26(37-24-16-11-10-12-17-24)36-21-23-15-13-14-18-25(23)27(32)34-19-20-35-28(33)31(8,30(5,6)7)22-29(2,3)4;1-2-3/h23-26H,9-22H2,1-8H3;3H,2H2,1H3. The third-order valence-corrected chi connectivity index (χ3v) is 8.49. The van der Waals surface area contributed by atoms with Gasteiger partial charge in [0.15, 0.2) is 6.29 Å². The highest BCUT2D eigenvalue weighted by Crippen LogP contribution is 2.47. The van der Waals surface area contributed by atoms with E-state index in [0.29, 0.717) is 12.7 Å². The molecule has 0 heterocycles. The molecule has 4 atom stereocenters. The lowest BCUT2D eigenvalue weighted by Gasteiger charge is -2.43. The van der Waals surface area contributed by atoms with Crippen molar-refractivity contribution < 1.29 is 33.6 Å². The van der Waals surface area contributed by atoms with Gasteiger partial charge in [0.1, 0.15) is 13.2 Å². The van der Waals surface area contributed by atoms with E-state index < -0.39 is 5.41 Å². The van der Waals surface area contributed by atoms with Gasteiger partial charge < -0.3 is 24.1 Å². The number of hydrogen-bond donors (Lipinski definition) is 1. The summed E-state index contributed by atoms with van der Waals surface area (Å²) in [7, 11) is 0. The van der Waals surface area contributed by atoms with Gasteiger partial charge in [0.05, 0.1) is 24.0 Å². The molecule has 4 unspecified atom stereocenters. The van der Waals surface area contributed by atoms with Gasteiger partial charge in [-0.05, 0) is 69.1 Å². The van der Waals surface area contributed by atoms with Gasteiger partial charge in [-0.15, -0.1) is 0 Å². The average molecular weight is 571 g/mol. The van der Waals surface area contributed by atoms with E-state index in [1.165, 1.54) is 19.3 Å². The molecule has 40 heavy (non-hydrogen) atoms. The zero-order valence-corrected chi connectivity index (χ0v) is 27.3. The summed E-state index contributed by atoms with van der Waals surface area (Å²) in [5.74, 6) is -0.446. The second kappa shape index (κ2) is 17.7. The molecule has 0 radical (unpaired) electrons. The van der Waals surface area contributed by atoms with Crippen LogP contribution in [0.25, 0.3) is 0 Å². The van der Waals surface area contributed by atoms with Gasteiger partial charge in [0, 0.05) is 6.61 Å². The van der Waals surface area contributed by atoms with E-state index in [0.717, 1.165) is 51.4 Å². The van der Waals surface area contributed by atoms with Crippen LogP contribution in [-0.4, -0.2) is 55.9 Å². The largest absolute Gasteiger partial charge is 0.462 e. The summed E-state index contributed by atoms with van der Waals surface area (Å²) in [6, 6.07) is 0. The molecule has 1 N–H and O–H groups in total. The minimum absolute atomic E-state index is 0.0101. The fourth-order valence-corrected chi connectivity index (χ4v) is 5.86. The van der Waals surface area contributed by atoms with Gasteiger partial charge in [0.2, 0.25) is 0 Å². The second-order valence-corrected chi connectivity index (χ2v) is 14.2. The monoisotopic (exact) mass is 570 g/mol. The maximum atomic E-state index is 13.1. The van der Waals surface area contributed by atoms with E-state index in [2.05, 4.69) is 48.5 Å². The first kappa shape index (κ1) is 36.8. The minimum Gasteiger partial charge on any atom is -0.462 e. The van der Waals surface area contributed by atoms with Gasteiger partial charge in [-0.25, -0.2) is 0 Å². The zero-order valence-electron chi connectivity index (χ0n) is 27.3. The van der Waals surface area contributed by atoms with Gasteiger partial charge in [-0.2, -0.15) is 0 Å². The molecule has 2 rings (SSSR count). The van der Waals surface area contributed by atoms with Crippen molar-refractivity contribution in [1.82, 2.24) is 0 Å². The number of hydrogen-bond acceptors (Lipinski definition) is 7. The van der Waals surface area contributed by atoms with Gasteiger partial charge >= 0.3 is 11.9 Å². The number of esters is 2. The van der Waals surface area contributed by atoms with E-state index in [-0.39, 0.29) is 60.7 Å². The average Bonchev–Trinajstić information content (AvgIpc) is 2.88. The van der Waals surface area contributed by atoms with Crippen LogP contribution in [0, 0.1) is 28.1 Å². The summed E-state index contributed by atoms with van der Waals surface area (Å²) in [6.07, 6.45) is 11.6. The van der Waals surface area contributed by atoms with Gasteiger partial charge in [0.25, 0.3) is 0 Å². The van der Waals surface area contributed by atoms with Crippen LogP contribution in [0.15, 0.2) is 0 Å². The summed E-state index contributed by atoms with van der Waals surface area (Å²) in [5, 5.41) is 7.57. The molecule has 0 aliphatic heterocycles. The number of rotatable bonds is 12.